The van der Waals surface area contributed by atoms with Gasteiger partial charge >= 0.3 is 5.97 Å². The van der Waals surface area contributed by atoms with Crippen LogP contribution in [-0.4, -0.2) is 23.3 Å². The van der Waals surface area contributed by atoms with E-state index in [1.54, 1.807) is 0 Å². The maximum Gasteiger partial charge on any atom is 0.337 e. The molecule has 0 aliphatic heterocycles. The third kappa shape index (κ3) is 1.47. The van der Waals surface area contributed by atoms with Gasteiger partial charge in [-0.05, 0) is 18.1 Å². The smallest absolute Gasteiger partial charge is 0.337 e. The summed E-state index contributed by atoms with van der Waals surface area (Å²) in [5.41, 5.74) is -0.544. The van der Waals surface area contributed by atoms with Gasteiger partial charge in [-0.25, -0.2) is 4.79 Å². The Hall–Kier alpha value is -1.71. The van der Waals surface area contributed by atoms with Crippen molar-refractivity contribution < 1.29 is 23.9 Å². The highest BCUT2D eigenvalue weighted by molar-refractivity contribution is 5.90. The van der Waals surface area contributed by atoms with Gasteiger partial charge < -0.3 is 14.9 Å². The Balaban J connectivity index is 3.60. The van der Waals surface area contributed by atoms with Crippen molar-refractivity contribution in [3.8, 4) is 11.5 Å². The summed E-state index contributed by atoms with van der Waals surface area (Å²) in [5, 5.41) is 18.3. The predicted octanol–water partition coefficient (Wildman–Crippen LogP) is 0.884. The lowest BCUT2D eigenvalue weighted by molar-refractivity contribution is 0.0600. The number of carbonyl (C=O) groups is 1. The molecule has 2 N–H and O–H groups in total. The lowest BCUT2D eigenvalue weighted by atomic mass is 10.2. The lowest BCUT2D eigenvalue weighted by Gasteiger charge is -2.00. The summed E-state index contributed by atoms with van der Waals surface area (Å²) < 4.78 is 26.1. The second-order valence-corrected chi connectivity index (χ2v) is 1.94. The van der Waals surface area contributed by atoms with Crippen molar-refractivity contribution in [3.63, 3.8) is 0 Å². The molecule has 1 aromatic rings. The summed E-state index contributed by atoms with van der Waals surface area (Å²) in [7, 11) is 1.05. The molecule has 0 aromatic heterocycles. The van der Waals surface area contributed by atoms with Gasteiger partial charge in [0.15, 0.2) is 11.5 Å². The Kier molecular flexibility index (Phi) is 1.31. The zero-order valence-corrected chi connectivity index (χ0v) is 6.21. The first kappa shape index (κ1) is 5.03. The molecule has 0 bridgehead atoms. The maximum atomic E-state index is 11.1. The van der Waals surface area contributed by atoms with E-state index < -0.39 is 41.2 Å². The molecular weight excluding hydrogens is 160 g/mol. The number of ether oxygens (including phenoxy) is 1. The molecule has 0 spiro atoms. The van der Waals surface area contributed by atoms with E-state index in [9.17, 15) is 9.90 Å². The van der Waals surface area contributed by atoms with Crippen LogP contribution in [0.5, 0.6) is 11.5 Å². The zero-order chi connectivity index (χ0) is 11.7. The van der Waals surface area contributed by atoms with Crippen LogP contribution in [-0.2, 0) is 4.74 Å². The van der Waals surface area contributed by atoms with Crippen LogP contribution < -0.4 is 0 Å². The molecule has 0 amide bonds. The van der Waals surface area contributed by atoms with Crippen LogP contribution in [0.3, 0.4) is 0 Å². The van der Waals surface area contributed by atoms with Crippen LogP contribution in [0.2, 0.25) is 0 Å². The van der Waals surface area contributed by atoms with Crippen molar-refractivity contribution in [2.75, 3.05) is 7.11 Å². The second-order valence-electron chi connectivity index (χ2n) is 1.94. The maximum absolute atomic E-state index is 11.1. The molecule has 0 fully saturated rings. The first-order valence-electron chi connectivity index (χ1n) is 4.51. The van der Waals surface area contributed by atoms with E-state index in [-0.39, 0.29) is 0 Å². The Morgan fingerprint density at radius 3 is 2.75 bits per heavy atom. The highest BCUT2D eigenvalue weighted by Crippen LogP contribution is 2.24. The molecule has 0 unspecified atom stereocenters. The fourth-order valence-electron chi connectivity index (χ4n) is 0.594. The summed E-state index contributed by atoms with van der Waals surface area (Å²) >= 11 is 0. The van der Waals surface area contributed by atoms with Gasteiger partial charge in [0.2, 0.25) is 0 Å². The van der Waals surface area contributed by atoms with Crippen molar-refractivity contribution in [1.29, 1.82) is 0 Å². The van der Waals surface area contributed by atoms with Crippen molar-refractivity contribution in [1.82, 2.24) is 0 Å². The van der Waals surface area contributed by atoms with Gasteiger partial charge in [-0.2, -0.15) is 0 Å². The molecule has 4 nitrogen and oxygen atoms in total. The van der Waals surface area contributed by atoms with Crippen LogP contribution in [0.1, 0.15) is 14.5 Å². The van der Waals surface area contributed by atoms with Crippen LogP contribution in [0.4, 0.5) is 0 Å². The van der Waals surface area contributed by atoms with Gasteiger partial charge in [-0.3, -0.25) is 0 Å². The van der Waals surface area contributed by atoms with Gasteiger partial charge in [0, 0.05) is 0 Å². The summed E-state index contributed by atoms with van der Waals surface area (Å²) in [5.74, 6) is -2.80. The molecule has 4 heteroatoms. The molecule has 1 aromatic carbocycles. The minimum Gasteiger partial charge on any atom is -0.504 e. The monoisotopic (exact) mass is 171 g/mol. The zero-order valence-electron chi connectivity index (χ0n) is 9.21. The highest BCUT2D eigenvalue weighted by Gasteiger charge is 2.07. The third-order valence-corrected chi connectivity index (χ3v) is 1.16. The number of phenols is 2. The van der Waals surface area contributed by atoms with E-state index >= 15 is 0 Å². The van der Waals surface area contributed by atoms with Crippen molar-refractivity contribution in [2.45, 2.75) is 0 Å². The lowest BCUT2D eigenvalue weighted by Crippen LogP contribution is -2.00. The topological polar surface area (TPSA) is 66.8 Å². The average molecular weight is 171 g/mol. The van der Waals surface area contributed by atoms with Crippen molar-refractivity contribution in [2.24, 2.45) is 0 Å². The molecule has 0 saturated heterocycles. The predicted molar refractivity (Wildman–Crippen MR) is 41.1 cm³/mol. The van der Waals surface area contributed by atoms with Crippen LogP contribution in [0, 0.1) is 0 Å². The van der Waals surface area contributed by atoms with E-state index in [1.165, 1.54) is 0 Å². The first-order chi connectivity index (χ1) is 6.91. The van der Waals surface area contributed by atoms with E-state index in [0.717, 1.165) is 7.11 Å². The number of benzene rings is 1. The minimum atomic E-state index is -1.01. The minimum absolute atomic E-state index is 0.544. The van der Waals surface area contributed by atoms with Crippen LogP contribution in [0.15, 0.2) is 18.1 Å². The second kappa shape index (κ2) is 3.13. The van der Waals surface area contributed by atoms with E-state index in [0.29, 0.717) is 0 Å². The largest absolute Gasteiger partial charge is 0.504 e. The molecule has 0 saturated carbocycles. The first-order valence-corrected chi connectivity index (χ1v) is 3.01. The molecule has 0 heterocycles. The molecule has 0 atom stereocenters. The fourth-order valence-corrected chi connectivity index (χ4v) is 0.594. The van der Waals surface area contributed by atoms with Crippen molar-refractivity contribution in [3.05, 3.63) is 23.7 Å². The van der Waals surface area contributed by atoms with E-state index in [4.69, 9.17) is 9.22 Å². The van der Waals surface area contributed by atoms with Gasteiger partial charge in [-0.1, -0.05) is 0 Å². The summed E-state index contributed by atoms with van der Waals surface area (Å²) in [6, 6.07) is -2.09. The molecule has 0 aliphatic rings. The van der Waals surface area contributed by atoms with Crippen LogP contribution >= 0.6 is 0 Å². The molecular formula is C8H8O4. The molecule has 0 radical (unpaired) electrons. The number of esters is 1. The third-order valence-electron chi connectivity index (χ3n) is 1.16. The number of carbonyl (C=O) groups excluding carboxylic acids is 1. The van der Waals surface area contributed by atoms with Gasteiger partial charge in [0.05, 0.1) is 16.8 Å². The summed E-state index contributed by atoms with van der Waals surface area (Å²) in [4.78, 5) is 11.1. The number of aromatic hydroxyl groups is 2. The Labute approximate surface area is 73.2 Å². The van der Waals surface area contributed by atoms with Crippen molar-refractivity contribution >= 4 is 5.97 Å². The number of rotatable bonds is 1. The average Bonchev–Trinajstić information content (AvgIpc) is 2.23. The number of methoxy groups -OCH3 is 1. The van der Waals surface area contributed by atoms with Crippen LogP contribution in [0.25, 0.3) is 0 Å². The highest BCUT2D eigenvalue weighted by atomic mass is 16.5. The Morgan fingerprint density at radius 2 is 2.17 bits per heavy atom. The SMILES string of the molecule is [2H]c1c([2H])c(C(=O)OC)c([2H])c(O)c1O. The fraction of sp³-hybridized carbons (Fsp3) is 0.125. The number of hydrogen-bond donors (Lipinski definition) is 2. The number of hydrogen-bond acceptors (Lipinski definition) is 4. The van der Waals surface area contributed by atoms with Gasteiger partial charge in [0.1, 0.15) is 0 Å². The quantitative estimate of drug-likeness (QED) is 0.486. The molecule has 1 rings (SSSR count). The number of phenolic OH excluding ortho intramolecular Hbond substituents is 2. The Morgan fingerprint density at radius 1 is 1.50 bits per heavy atom. The summed E-state index contributed by atoms with van der Waals surface area (Å²) in [6.07, 6.45) is 0. The normalized spacial score (nSPS) is 12.9. The van der Waals surface area contributed by atoms with Gasteiger partial charge in [0.25, 0.3) is 0 Å². The summed E-state index contributed by atoms with van der Waals surface area (Å²) in [6.45, 7) is 0. The van der Waals surface area contributed by atoms with E-state index in [2.05, 4.69) is 4.74 Å². The van der Waals surface area contributed by atoms with E-state index in [1.807, 2.05) is 0 Å². The molecule has 0 aliphatic carbocycles. The Bertz CT molecular complexity index is 401. The van der Waals surface area contributed by atoms with Gasteiger partial charge in [-0.15, -0.1) is 0 Å². The standard InChI is InChI=1S/C8H8O4/c1-12-8(11)5-2-3-6(9)7(10)4-5/h2-4,9-10H,1H3/i2D,3D,4D. The molecule has 12 heavy (non-hydrogen) atoms. The molecule has 64 valence electrons.